The van der Waals surface area contributed by atoms with E-state index in [1.807, 2.05) is 18.3 Å². The van der Waals surface area contributed by atoms with Gasteiger partial charge in [-0.25, -0.2) is 0 Å². The van der Waals surface area contributed by atoms with Crippen LogP contribution in [0, 0.1) is 0 Å². The molecule has 27 heavy (non-hydrogen) atoms. The van der Waals surface area contributed by atoms with E-state index in [0.29, 0.717) is 6.54 Å². The number of hydrogen-bond donors (Lipinski definition) is 0. The van der Waals surface area contributed by atoms with Gasteiger partial charge in [-0.2, -0.15) is 0 Å². The number of nitrogens with zero attached hydrogens (tertiary/aromatic N) is 2. The van der Waals surface area contributed by atoms with Crippen LogP contribution in [0.3, 0.4) is 0 Å². The van der Waals surface area contributed by atoms with Gasteiger partial charge in [0, 0.05) is 30.1 Å². The minimum absolute atomic E-state index is 0.0346. The minimum Gasteiger partial charge on any atom is -0.496 e. The first-order valence-corrected chi connectivity index (χ1v) is 10.8. The fourth-order valence-corrected chi connectivity index (χ4v) is 5.52. The highest BCUT2D eigenvalue weighted by Gasteiger charge is 2.48. The molecule has 3 heterocycles. The molecule has 2 aromatic heterocycles. The monoisotopic (exact) mass is 384 g/mol. The first-order chi connectivity index (χ1) is 13.3. The van der Waals surface area contributed by atoms with Crippen LogP contribution in [0.1, 0.15) is 55.5 Å². The molecule has 5 heteroatoms. The highest BCUT2D eigenvalue weighted by molar-refractivity contribution is 7.10. The molecule has 0 amide bonds. The second-order valence-corrected chi connectivity index (χ2v) is 8.80. The molecule has 1 atom stereocenters. The first kappa shape index (κ1) is 18.6. The summed E-state index contributed by atoms with van der Waals surface area (Å²) in [6.07, 6.45) is 12.0. The van der Waals surface area contributed by atoms with Crippen molar-refractivity contribution < 1.29 is 9.47 Å². The lowest BCUT2D eigenvalue weighted by molar-refractivity contribution is -0.101. The zero-order chi connectivity index (χ0) is 18.6. The first-order valence-electron chi connectivity index (χ1n) is 9.90. The van der Waals surface area contributed by atoms with Crippen molar-refractivity contribution in [2.75, 3.05) is 13.7 Å². The van der Waals surface area contributed by atoms with E-state index in [-0.39, 0.29) is 11.0 Å². The van der Waals surface area contributed by atoms with Crippen LogP contribution >= 0.6 is 11.3 Å². The van der Waals surface area contributed by atoms with Crippen molar-refractivity contribution in [1.29, 1.82) is 0 Å². The Morgan fingerprint density at radius 1 is 1.26 bits per heavy atom. The van der Waals surface area contributed by atoms with Gasteiger partial charge in [-0.1, -0.05) is 18.9 Å². The molecule has 2 fully saturated rings. The van der Waals surface area contributed by atoms with Crippen LogP contribution in [0.15, 0.2) is 40.8 Å². The Bertz CT molecular complexity index is 768. The lowest BCUT2D eigenvalue weighted by Gasteiger charge is -2.46. The molecule has 4 nitrogen and oxygen atoms in total. The van der Waals surface area contributed by atoms with E-state index in [9.17, 15) is 0 Å². The van der Waals surface area contributed by atoms with Crippen molar-refractivity contribution in [1.82, 2.24) is 4.98 Å². The standard InChI is InChI=1S/C22H28N2O2S/c1-25-18-7-15-27-19(18)16-23-13-10-21(20-6-2-5-12-24-20)11-14-26-22(17-21)8-3-4-9-22/h2,5-7,12-13,15H,3-4,8-11,14,16-17H2,1H3. The zero-order valence-electron chi connectivity index (χ0n) is 16.0. The number of ether oxygens (including phenoxy) is 2. The topological polar surface area (TPSA) is 43.7 Å². The highest BCUT2D eigenvalue weighted by Crippen LogP contribution is 2.49. The van der Waals surface area contributed by atoms with Gasteiger partial charge >= 0.3 is 0 Å². The molecule has 1 aliphatic carbocycles. The Labute approximate surface area is 165 Å². The Morgan fingerprint density at radius 2 is 2.15 bits per heavy atom. The normalized spacial score (nSPS) is 24.6. The van der Waals surface area contributed by atoms with Crippen molar-refractivity contribution in [3.63, 3.8) is 0 Å². The fraction of sp³-hybridized carbons (Fsp3) is 0.545. The molecule has 1 aliphatic heterocycles. The summed E-state index contributed by atoms with van der Waals surface area (Å²) in [6, 6.07) is 8.30. The summed E-state index contributed by atoms with van der Waals surface area (Å²) in [5.74, 6) is 0.938. The number of aliphatic imine (C=N–C) groups is 1. The summed E-state index contributed by atoms with van der Waals surface area (Å²) in [7, 11) is 1.72. The van der Waals surface area contributed by atoms with Crippen molar-refractivity contribution in [3.8, 4) is 5.75 Å². The molecule has 0 aromatic carbocycles. The number of hydrogen-bond acceptors (Lipinski definition) is 5. The van der Waals surface area contributed by atoms with Gasteiger partial charge in [-0.15, -0.1) is 11.3 Å². The van der Waals surface area contributed by atoms with Crippen molar-refractivity contribution >= 4 is 17.6 Å². The van der Waals surface area contributed by atoms with E-state index in [1.54, 1.807) is 18.4 Å². The number of aromatic nitrogens is 1. The molecule has 4 rings (SSSR count). The molecule has 2 aromatic rings. The van der Waals surface area contributed by atoms with E-state index in [1.165, 1.54) is 36.3 Å². The maximum Gasteiger partial charge on any atom is 0.134 e. The van der Waals surface area contributed by atoms with Crippen LogP contribution < -0.4 is 4.74 Å². The summed E-state index contributed by atoms with van der Waals surface area (Å²) in [6.45, 7) is 1.50. The fourth-order valence-electron chi connectivity index (χ4n) is 4.75. The Balaban J connectivity index is 1.53. The average Bonchev–Trinajstić information content (AvgIpc) is 3.35. The molecule has 144 valence electrons. The van der Waals surface area contributed by atoms with Crippen LogP contribution in [0.25, 0.3) is 0 Å². The summed E-state index contributed by atoms with van der Waals surface area (Å²) < 4.78 is 11.7. The molecule has 2 aliphatic rings. The number of rotatable bonds is 6. The van der Waals surface area contributed by atoms with Crippen molar-refractivity contribution in [2.24, 2.45) is 4.99 Å². The van der Waals surface area contributed by atoms with Gasteiger partial charge in [0.05, 0.1) is 24.1 Å². The Morgan fingerprint density at radius 3 is 2.93 bits per heavy atom. The molecule has 1 spiro atoms. The molecule has 0 radical (unpaired) electrons. The molecule has 0 N–H and O–H groups in total. The molecular weight excluding hydrogens is 356 g/mol. The Kier molecular flexibility index (Phi) is 5.60. The van der Waals surface area contributed by atoms with Crippen LogP contribution in [0.5, 0.6) is 5.75 Å². The molecule has 1 unspecified atom stereocenters. The van der Waals surface area contributed by atoms with E-state index in [4.69, 9.17) is 19.5 Å². The van der Waals surface area contributed by atoms with Crippen LogP contribution in [-0.4, -0.2) is 30.5 Å². The number of pyridine rings is 1. The maximum atomic E-state index is 6.31. The van der Waals surface area contributed by atoms with Gasteiger partial charge in [0.2, 0.25) is 0 Å². The quantitative estimate of drug-likeness (QED) is 0.645. The average molecular weight is 385 g/mol. The summed E-state index contributed by atoms with van der Waals surface area (Å²) in [5, 5.41) is 2.06. The van der Waals surface area contributed by atoms with Gasteiger partial charge in [0.15, 0.2) is 0 Å². The molecule has 0 bridgehead atoms. The largest absolute Gasteiger partial charge is 0.496 e. The maximum absolute atomic E-state index is 6.31. The second-order valence-electron chi connectivity index (χ2n) is 7.80. The molecule has 1 saturated carbocycles. The van der Waals surface area contributed by atoms with Gasteiger partial charge in [-0.05, 0) is 55.7 Å². The zero-order valence-corrected chi connectivity index (χ0v) is 16.8. The predicted molar refractivity (Wildman–Crippen MR) is 110 cm³/mol. The molecule has 1 saturated heterocycles. The van der Waals surface area contributed by atoms with E-state index >= 15 is 0 Å². The minimum atomic E-state index is 0.0346. The van der Waals surface area contributed by atoms with E-state index in [0.717, 1.165) is 31.6 Å². The molecular formula is C22H28N2O2S. The van der Waals surface area contributed by atoms with Gasteiger partial charge < -0.3 is 9.47 Å². The summed E-state index contributed by atoms with van der Waals surface area (Å²) in [4.78, 5) is 10.7. The predicted octanol–water partition coefficient (Wildman–Crippen LogP) is 5.17. The third kappa shape index (κ3) is 3.94. The Hall–Kier alpha value is -1.72. The summed E-state index contributed by atoms with van der Waals surface area (Å²) in [5.41, 5.74) is 1.28. The number of thiophene rings is 1. The van der Waals surface area contributed by atoms with Crippen molar-refractivity contribution in [3.05, 3.63) is 46.4 Å². The number of methoxy groups -OCH3 is 1. The lowest BCUT2D eigenvalue weighted by atomic mass is 9.68. The SMILES string of the molecule is COc1ccsc1CN=CCC1(c2ccccn2)CCOC2(CCCC2)C1. The van der Waals surface area contributed by atoms with Crippen LogP contribution in [0.2, 0.25) is 0 Å². The van der Waals surface area contributed by atoms with Gasteiger partial charge in [-0.3, -0.25) is 9.98 Å². The summed E-state index contributed by atoms with van der Waals surface area (Å²) >= 11 is 1.70. The van der Waals surface area contributed by atoms with E-state index in [2.05, 4.69) is 23.7 Å². The van der Waals surface area contributed by atoms with E-state index < -0.39 is 0 Å². The second kappa shape index (κ2) is 8.11. The third-order valence-electron chi connectivity index (χ3n) is 6.14. The van der Waals surface area contributed by atoms with Crippen molar-refractivity contribution in [2.45, 2.75) is 62.5 Å². The lowest BCUT2D eigenvalue weighted by Crippen LogP contribution is -2.46. The van der Waals surface area contributed by atoms with Crippen LogP contribution in [-0.2, 0) is 16.7 Å². The van der Waals surface area contributed by atoms with Gasteiger partial charge in [0.25, 0.3) is 0 Å². The smallest absolute Gasteiger partial charge is 0.134 e. The van der Waals surface area contributed by atoms with Crippen LogP contribution in [0.4, 0.5) is 0 Å². The van der Waals surface area contributed by atoms with Gasteiger partial charge in [0.1, 0.15) is 5.75 Å². The highest BCUT2D eigenvalue weighted by atomic mass is 32.1. The third-order valence-corrected chi connectivity index (χ3v) is 7.03.